The third-order valence-electron chi connectivity index (χ3n) is 3.82. The van der Waals surface area contributed by atoms with Gasteiger partial charge in [-0.3, -0.25) is 14.4 Å². The van der Waals surface area contributed by atoms with Gasteiger partial charge in [0.1, 0.15) is 0 Å². The number of carbonyl (C=O) groups excluding carboxylic acids is 3. The lowest BCUT2D eigenvalue weighted by atomic mass is 10.2. The highest BCUT2D eigenvalue weighted by atomic mass is 16.2. The summed E-state index contributed by atoms with van der Waals surface area (Å²) in [5, 5.41) is 8.31. The lowest BCUT2D eigenvalue weighted by Gasteiger charge is -2.15. The van der Waals surface area contributed by atoms with Gasteiger partial charge in [-0.15, -0.1) is 0 Å². The number of anilines is 3. The first-order valence-electron chi connectivity index (χ1n) is 8.11. The lowest BCUT2D eigenvalue weighted by molar-refractivity contribution is -0.116. The Labute approximate surface area is 152 Å². The molecule has 7 heteroatoms. The van der Waals surface area contributed by atoms with Crippen molar-refractivity contribution in [3.63, 3.8) is 0 Å². The van der Waals surface area contributed by atoms with Crippen molar-refractivity contribution in [1.29, 1.82) is 0 Å². The number of hydrogen-bond donors (Lipinski definition) is 3. The van der Waals surface area contributed by atoms with Gasteiger partial charge in [-0.25, -0.2) is 0 Å². The maximum Gasteiger partial charge on any atom is 0.251 e. The molecule has 2 aromatic rings. The first-order chi connectivity index (χ1) is 12.4. The third kappa shape index (κ3) is 5.07. The van der Waals surface area contributed by atoms with E-state index >= 15 is 0 Å². The molecule has 0 unspecified atom stereocenters. The number of rotatable bonds is 6. The number of nitrogens with zero attached hydrogens (tertiary/aromatic N) is 1. The van der Waals surface area contributed by atoms with E-state index in [0.717, 1.165) is 5.69 Å². The molecule has 0 atom stereocenters. The van der Waals surface area contributed by atoms with Crippen molar-refractivity contribution in [3.05, 3.63) is 54.1 Å². The predicted molar refractivity (Wildman–Crippen MR) is 102 cm³/mol. The van der Waals surface area contributed by atoms with Crippen LogP contribution in [0.25, 0.3) is 0 Å². The molecular formula is C19H22N4O3. The number of nitrogens with one attached hydrogen (secondary N) is 3. The summed E-state index contributed by atoms with van der Waals surface area (Å²) in [6.45, 7) is 1.55. The summed E-state index contributed by atoms with van der Waals surface area (Å²) in [4.78, 5) is 36.5. The molecule has 26 heavy (non-hydrogen) atoms. The summed E-state index contributed by atoms with van der Waals surface area (Å²) >= 11 is 0. The fourth-order valence-corrected chi connectivity index (χ4v) is 2.25. The zero-order valence-corrected chi connectivity index (χ0v) is 15.0. The Morgan fingerprint density at radius 1 is 1.00 bits per heavy atom. The first-order valence-corrected chi connectivity index (χ1v) is 8.11. The van der Waals surface area contributed by atoms with Crippen molar-refractivity contribution >= 4 is 34.8 Å². The SMILES string of the molecule is CNC(=O)c1cccc(NCC(=O)Nc2ccc(N(C)C(C)=O)cc2)c1. The summed E-state index contributed by atoms with van der Waals surface area (Å²) < 4.78 is 0. The Bertz CT molecular complexity index is 803. The van der Waals surface area contributed by atoms with Crippen LogP contribution < -0.4 is 20.9 Å². The summed E-state index contributed by atoms with van der Waals surface area (Å²) in [5.41, 5.74) is 2.58. The Balaban J connectivity index is 1.91. The minimum Gasteiger partial charge on any atom is -0.376 e. The second kappa shape index (κ2) is 8.66. The average Bonchev–Trinajstić information content (AvgIpc) is 2.66. The second-order valence-electron chi connectivity index (χ2n) is 5.69. The summed E-state index contributed by atoms with van der Waals surface area (Å²) in [7, 11) is 3.25. The quantitative estimate of drug-likeness (QED) is 0.741. The van der Waals surface area contributed by atoms with Crippen LogP contribution in [0.5, 0.6) is 0 Å². The van der Waals surface area contributed by atoms with Gasteiger partial charge in [-0.2, -0.15) is 0 Å². The van der Waals surface area contributed by atoms with E-state index in [0.29, 0.717) is 16.9 Å². The topological polar surface area (TPSA) is 90.5 Å². The van der Waals surface area contributed by atoms with Gasteiger partial charge in [-0.05, 0) is 42.5 Å². The summed E-state index contributed by atoms with van der Waals surface area (Å²) in [6.07, 6.45) is 0. The Morgan fingerprint density at radius 2 is 1.69 bits per heavy atom. The van der Waals surface area contributed by atoms with Crippen LogP contribution >= 0.6 is 0 Å². The van der Waals surface area contributed by atoms with Gasteiger partial charge in [0.25, 0.3) is 5.91 Å². The van der Waals surface area contributed by atoms with Crippen LogP contribution in [0.1, 0.15) is 17.3 Å². The van der Waals surface area contributed by atoms with Gasteiger partial charge < -0.3 is 20.9 Å². The van der Waals surface area contributed by atoms with Crippen molar-refractivity contribution in [2.45, 2.75) is 6.92 Å². The molecule has 2 aromatic carbocycles. The molecule has 0 spiro atoms. The van der Waals surface area contributed by atoms with E-state index in [1.54, 1.807) is 62.6 Å². The van der Waals surface area contributed by atoms with Gasteiger partial charge in [-0.1, -0.05) is 6.07 Å². The molecule has 0 bridgehead atoms. The molecule has 136 valence electrons. The van der Waals surface area contributed by atoms with Crippen LogP contribution in [-0.4, -0.2) is 38.4 Å². The summed E-state index contributed by atoms with van der Waals surface area (Å²) in [5.74, 6) is -0.471. The number of carbonyl (C=O) groups is 3. The molecule has 0 aromatic heterocycles. The molecule has 3 amide bonds. The maximum atomic E-state index is 12.1. The van der Waals surface area contributed by atoms with E-state index in [2.05, 4.69) is 16.0 Å². The molecule has 0 aliphatic heterocycles. The smallest absolute Gasteiger partial charge is 0.251 e. The summed E-state index contributed by atoms with van der Waals surface area (Å²) in [6, 6.07) is 13.9. The normalized spacial score (nSPS) is 9.96. The van der Waals surface area contributed by atoms with Crippen molar-refractivity contribution in [2.75, 3.05) is 36.2 Å². The molecule has 7 nitrogen and oxygen atoms in total. The van der Waals surface area contributed by atoms with Crippen LogP contribution in [-0.2, 0) is 9.59 Å². The Morgan fingerprint density at radius 3 is 2.31 bits per heavy atom. The van der Waals surface area contributed by atoms with E-state index in [9.17, 15) is 14.4 Å². The molecule has 2 rings (SSSR count). The Hall–Kier alpha value is -3.35. The molecule has 3 N–H and O–H groups in total. The van der Waals surface area contributed by atoms with E-state index < -0.39 is 0 Å². The monoisotopic (exact) mass is 354 g/mol. The van der Waals surface area contributed by atoms with Gasteiger partial charge in [0.15, 0.2) is 0 Å². The van der Waals surface area contributed by atoms with Crippen LogP contribution in [0.2, 0.25) is 0 Å². The molecule has 0 saturated heterocycles. The van der Waals surface area contributed by atoms with E-state index in [4.69, 9.17) is 0 Å². The number of hydrogen-bond acceptors (Lipinski definition) is 4. The second-order valence-corrected chi connectivity index (χ2v) is 5.69. The Kier molecular flexibility index (Phi) is 6.32. The highest BCUT2D eigenvalue weighted by molar-refractivity contribution is 5.96. The molecule has 0 radical (unpaired) electrons. The standard InChI is InChI=1S/C19H22N4O3/c1-13(24)23(3)17-9-7-15(8-10-17)22-18(25)12-21-16-6-4-5-14(11-16)19(26)20-2/h4-11,21H,12H2,1-3H3,(H,20,26)(H,22,25). The highest BCUT2D eigenvalue weighted by Gasteiger charge is 2.07. The fraction of sp³-hybridized carbons (Fsp3) is 0.211. The zero-order valence-electron chi connectivity index (χ0n) is 15.0. The van der Waals surface area contributed by atoms with Gasteiger partial charge in [0.2, 0.25) is 11.8 Å². The van der Waals surface area contributed by atoms with Crippen molar-refractivity contribution < 1.29 is 14.4 Å². The molecule has 0 aliphatic carbocycles. The lowest BCUT2D eigenvalue weighted by Crippen LogP contribution is -2.23. The molecule has 0 fully saturated rings. The minimum absolute atomic E-state index is 0.0618. The van der Waals surface area contributed by atoms with Crippen molar-refractivity contribution in [3.8, 4) is 0 Å². The maximum absolute atomic E-state index is 12.1. The molecule has 0 aliphatic rings. The molecule has 0 saturated carbocycles. The minimum atomic E-state index is -0.219. The predicted octanol–water partition coefficient (Wildman–Crippen LogP) is 2.08. The van der Waals surface area contributed by atoms with Gasteiger partial charge in [0, 0.05) is 43.6 Å². The first kappa shape index (κ1) is 19.0. The number of amides is 3. The van der Waals surface area contributed by atoms with Crippen LogP contribution in [0.3, 0.4) is 0 Å². The molecular weight excluding hydrogens is 332 g/mol. The number of benzene rings is 2. The van der Waals surface area contributed by atoms with Crippen molar-refractivity contribution in [2.24, 2.45) is 0 Å². The van der Waals surface area contributed by atoms with E-state index in [1.165, 1.54) is 11.8 Å². The largest absolute Gasteiger partial charge is 0.376 e. The fourth-order valence-electron chi connectivity index (χ4n) is 2.25. The van der Waals surface area contributed by atoms with Crippen LogP contribution in [0.4, 0.5) is 17.1 Å². The van der Waals surface area contributed by atoms with E-state index in [1.807, 2.05) is 0 Å². The van der Waals surface area contributed by atoms with Gasteiger partial charge >= 0.3 is 0 Å². The van der Waals surface area contributed by atoms with Crippen LogP contribution in [0, 0.1) is 0 Å². The third-order valence-corrected chi connectivity index (χ3v) is 3.82. The zero-order chi connectivity index (χ0) is 19.1. The van der Waals surface area contributed by atoms with Gasteiger partial charge in [0.05, 0.1) is 6.54 Å². The highest BCUT2D eigenvalue weighted by Crippen LogP contribution is 2.17. The average molecular weight is 354 g/mol. The van der Waals surface area contributed by atoms with Crippen LogP contribution in [0.15, 0.2) is 48.5 Å². The molecule has 0 heterocycles. The van der Waals surface area contributed by atoms with Crippen molar-refractivity contribution in [1.82, 2.24) is 5.32 Å². The van der Waals surface area contributed by atoms with E-state index in [-0.39, 0.29) is 24.3 Å².